The molecule has 6 heteroatoms. The van der Waals surface area contributed by atoms with Gasteiger partial charge in [-0.2, -0.15) is 0 Å². The van der Waals surface area contributed by atoms with Crippen molar-refractivity contribution in [3.8, 4) is 0 Å². The van der Waals surface area contributed by atoms with Crippen LogP contribution in [-0.4, -0.2) is 14.2 Å². The maximum Gasteiger partial charge on any atom is 0.204 e. The molecule has 0 amide bonds. The zero-order valence-electron chi connectivity index (χ0n) is 15.5. The largest absolute Gasteiger partial charge is 0.288 e. The number of sulfone groups is 1. The van der Waals surface area contributed by atoms with E-state index in [-0.39, 0.29) is 16.2 Å². The third-order valence-electron chi connectivity index (χ3n) is 4.18. The Morgan fingerprint density at radius 3 is 2.18 bits per heavy atom. The van der Waals surface area contributed by atoms with Crippen molar-refractivity contribution >= 4 is 44.6 Å². The number of benzene rings is 2. The van der Waals surface area contributed by atoms with Gasteiger partial charge in [0.05, 0.1) is 5.75 Å². The van der Waals surface area contributed by atoms with E-state index in [4.69, 9.17) is 11.6 Å². The summed E-state index contributed by atoms with van der Waals surface area (Å²) in [5.41, 5.74) is 1.97. The first-order valence-corrected chi connectivity index (χ1v) is 11.5. The summed E-state index contributed by atoms with van der Waals surface area (Å²) in [6.07, 6.45) is 1.47. The predicted molar refractivity (Wildman–Crippen MR) is 117 cm³/mol. The Labute approximate surface area is 174 Å². The molecule has 0 N–H and O–H groups in total. The molecule has 0 saturated carbocycles. The standard InChI is InChI=1S/C22H19ClO3S2/c1-15-3-6-17(7-4-15)14-28(25,26)21(13-20-12-5-16(2)27-20)22(24)18-8-10-19(23)11-9-18/h3-13H,14H2,1-2H3. The third-order valence-corrected chi connectivity index (χ3v) is 7.06. The Balaban J connectivity index is 2.04. The molecule has 0 unspecified atom stereocenters. The summed E-state index contributed by atoms with van der Waals surface area (Å²) in [5, 5.41) is 0.485. The Bertz CT molecular complexity index is 1120. The minimum absolute atomic E-state index is 0.211. The lowest BCUT2D eigenvalue weighted by atomic mass is 10.1. The normalized spacial score (nSPS) is 12.2. The van der Waals surface area contributed by atoms with Crippen molar-refractivity contribution in [2.24, 2.45) is 0 Å². The van der Waals surface area contributed by atoms with Crippen molar-refractivity contribution in [1.29, 1.82) is 0 Å². The van der Waals surface area contributed by atoms with Crippen molar-refractivity contribution in [3.05, 3.63) is 97.0 Å². The van der Waals surface area contributed by atoms with E-state index in [9.17, 15) is 13.2 Å². The molecule has 1 heterocycles. The zero-order valence-corrected chi connectivity index (χ0v) is 17.9. The second-order valence-electron chi connectivity index (χ2n) is 6.54. The number of allylic oxidation sites excluding steroid dienone is 1. The van der Waals surface area contributed by atoms with Gasteiger partial charge >= 0.3 is 0 Å². The van der Waals surface area contributed by atoms with Gasteiger partial charge in [0, 0.05) is 20.3 Å². The Morgan fingerprint density at radius 1 is 0.964 bits per heavy atom. The van der Waals surface area contributed by atoms with E-state index in [2.05, 4.69) is 0 Å². The molecule has 0 bridgehead atoms. The van der Waals surface area contributed by atoms with E-state index in [1.165, 1.54) is 17.4 Å². The van der Waals surface area contributed by atoms with E-state index in [1.807, 2.05) is 38.1 Å². The molecule has 144 valence electrons. The van der Waals surface area contributed by atoms with Crippen LogP contribution in [0.15, 0.2) is 65.6 Å². The van der Waals surface area contributed by atoms with Gasteiger partial charge in [0.1, 0.15) is 4.91 Å². The van der Waals surface area contributed by atoms with Gasteiger partial charge in [-0.3, -0.25) is 4.79 Å². The zero-order chi connectivity index (χ0) is 20.3. The highest BCUT2D eigenvalue weighted by Crippen LogP contribution is 2.26. The van der Waals surface area contributed by atoms with Gasteiger partial charge in [-0.15, -0.1) is 11.3 Å². The van der Waals surface area contributed by atoms with Gasteiger partial charge in [-0.1, -0.05) is 41.4 Å². The van der Waals surface area contributed by atoms with E-state index < -0.39 is 15.6 Å². The van der Waals surface area contributed by atoms with Crippen LogP contribution in [0.3, 0.4) is 0 Å². The topological polar surface area (TPSA) is 51.2 Å². The van der Waals surface area contributed by atoms with Crippen molar-refractivity contribution in [1.82, 2.24) is 0 Å². The SMILES string of the molecule is Cc1ccc(CS(=O)(=O)C(=Cc2ccc(C)s2)C(=O)c2ccc(Cl)cc2)cc1. The van der Waals surface area contributed by atoms with Gasteiger partial charge in [0.25, 0.3) is 0 Å². The van der Waals surface area contributed by atoms with Crippen molar-refractivity contribution in [3.63, 3.8) is 0 Å². The van der Waals surface area contributed by atoms with Crippen LogP contribution in [0, 0.1) is 13.8 Å². The predicted octanol–water partition coefficient (Wildman–Crippen LogP) is 5.86. The molecular weight excluding hydrogens is 412 g/mol. The molecule has 0 fully saturated rings. The quantitative estimate of drug-likeness (QED) is 0.363. The highest BCUT2D eigenvalue weighted by atomic mass is 35.5. The van der Waals surface area contributed by atoms with E-state index in [1.54, 1.807) is 36.4 Å². The van der Waals surface area contributed by atoms with Crippen LogP contribution < -0.4 is 0 Å². The molecule has 0 aliphatic heterocycles. The Kier molecular flexibility index (Phi) is 6.18. The number of Topliss-reactive ketones (excluding diaryl/α,β-unsaturated/α-hetero) is 1. The van der Waals surface area contributed by atoms with Crippen molar-refractivity contribution < 1.29 is 13.2 Å². The van der Waals surface area contributed by atoms with Gasteiger partial charge in [-0.25, -0.2) is 8.42 Å². The average Bonchev–Trinajstić information content (AvgIpc) is 3.06. The average molecular weight is 431 g/mol. The number of rotatable bonds is 6. The van der Waals surface area contributed by atoms with Crippen LogP contribution in [0.1, 0.15) is 31.2 Å². The van der Waals surface area contributed by atoms with Gasteiger partial charge in [0.15, 0.2) is 9.84 Å². The fourth-order valence-corrected chi connectivity index (χ4v) is 5.20. The number of hydrogen-bond donors (Lipinski definition) is 0. The first-order valence-electron chi connectivity index (χ1n) is 8.61. The van der Waals surface area contributed by atoms with E-state index in [0.29, 0.717) is 10.6 Å². The van der Waals surface area contributed by atoms with Crippen LogP contribution in [0.2, 0.25) is 5.02 Å². The lowest BCUT2D eigenvalue weighted by Crippen LogP contribution is -2.16. The molecule has 0 radical (unpaired) electrons. The first-order chi connectivity index (χ1) is 13.2. The molecule has 0 saturated heterocycles. The molecule has 3 rings (SSSR count). The molecular formula is C22H19ClO3S2. The Hall–Kier alpha value is -2.21. The number of halogens is 1. The summed E-state index contributed by atoms with van der Waals surface area (Å²) in [7, 11) is -3.85. The Morgan fingerprint density at radius 2 is 1.61 bits per heavy atom. The highest BCUT2D eigenvalue weighted by molar-refractivity contribution is 7.95. The minimum Gasteiger partial charge on any atom is -0.288 e. The number of ketones is 1. The summed E-state index contributed by atoms with van der Waals surface area (Å²) >= 11 is 7.34. The minimum atomic E-state index is -3.85. The molecule has 0 aliphatic rings. The highest BCUT2D eigenvalue weighted by Gasteiger charge is 2.26. The van der Waals surface area contributed by atoms with Gasteiger partial charge in [0.2, 0.25) is 5.78 Å². The van der Waals surface area contributed by atoms with Crippen LogP contribution in [-0.2, 0) is 15.6 Å². The fourth-order valence-electron chi connectivity index (χ4n) is 2.68. The van der Waals surface area contributed by atoms with Gasteiger partial charge in [-0.05, 0) is 61.9 Å². The maximum atomic E-state index is 13.2. The summed E-state index contributed by atoms with van der Waals surface area (Å²) in [5.74, 6) is -0.766. The molecule has 0 spiro atoms. The smallest absolute Gasteiger partial charge is 0.204 e. The van der Waals surface area contributed by atoms with Crippen molar-refractivity contribution in [2.75, 3.05) is 0 Å². The summed E-state index contributed by atoms with van der Waals surface area (Å²) in [6, 6.07) is 17.2. The molecule has 0 atom stereocenters. The first kappa shape index (κ1) is 20.5. The number of hydrogen-bond acceptors (Lipinski definition) is 4. The summed E-state index contributed by atoms with van der Waals surface area (Å²) < 4.78 is 26.3. The van der Waals surface area contributed by atoms with Crippen LogP contribution in [0.25, 0.3) is 6.08 Å². The molecule has 3 aromatic rings. The number of carbonyl (C=O) groups excluding carboxylic acids is 1. The monoisotopic (exact) mass is 430 g/mol. The second kappa shape index (κ2) is 8.43. The number of aryl methyl sites for hydroxylation is 2. The summed E-state index contributed by atoms with van der Waals surface area (Å²) in [6.45, 7) is 3.87. The summed E-state index contributed by atoms with van der Waals surface area (Å²) in [4.78, 5) is 14.6. The van der Waals surface area contributed by atoms with Gasteiger partial charge < -0.3 is 0 Å². The molecule has 28 heavy (non-hydrogen) atoms. The van der Waals surface area contributed by atoms with Crippen LogP contribution >= 0.6 is 22.9 Å². The third kappa shape index (κ3) is 4.98. The lowest BCUT2D eigenvalue weighted by molar-refractivity contribution is 0.104. The maximum absolute atomic E-state index is 13.2. The van der Waals surface area contributed by atoms with Crippen LogP contribution in [0.4, 0.5) is 0 Å². The number of thiophene rings is 1. The molecule has 2 aromatic carbocycles. The number of carbonyl (C=O) groups is 1. The molecule has 3 nitrogen and oxygen atoms in total. The fraction of sp³-hybridized carbons (Fsp3) is 0.136. The molecule has 0 aliphatic carbocycles. The van der Waals surface area contributed by atoms with Crippen molar-refractivity contribution in [2.45, 2.75) is 19.6 Å². The van der Waals surface area contributed by atoms with Crippen LogP contribution in [0.5, 0.6) is 0 Å². The van der Waals surface area contributed by atoms with E-state index >= 15 is 0 Å². The van der Waals surface area contributed by atoms with E-state index in [0.717, 1.165) is 15.3 Å². The second-order valence-corrected chi connectivity index (χ2v) is 10.3. The molecule has 1 aromatic heterocycles. The lowest BCUT2D eigenvalue weighted by Gasteiger charge is -2.09.